The molecule has 6 heteroatoms. The van der Waals surface area contributed by atoms with Gasteiger partial charge in [-0.05, 0) is 31.9 Å². The third kappa shape index (κ3) is 5.47. The van der Waals surface area contributed by atoms with Gasteiger partial charge >= 0.3 is 0 Å². The van der Waals surface area contributed by atoms with E-state index < -0.39 is 0 Å². The minimum Gasteiger partial charge on any atom is -0.352 e. The number of hydrogen-bond donors (Lipinski definition) is 2. The van der Waals surface area contributed by atoms with Crippen molar-refractivity contribution in [2.75, 3.05) is 13.1 Å². The Morgan fingerprint density at radius 3 is 2.16 bits per heavy atom. The van der Waals surface area contributed by atoms with Gasteiger partial charge in [0.05, 0.1) is 5.69 Å². The van der Waals surface area contributed by atoms with Crippen molar-refractivity contribution in [3.63, 3.8) is 0 Å². The first-order valence-corrected chi connectivity index (χ1v) is 10.9. The van der Waals surface area contributed by atoms with Crippen LogP contribution < -0.4 is 16.6 Å². The molecule has 0 aliphatic heterocycles. The quantitative estimate of drug-likeness (QED) is 0.490. The molecule has 3 N–H and O–H groups in total. The third-order valence-electron chi connectivity index (χ3n) is 5.21. The van der Waals surface area contributed by atoms with Gasteiger partial charge in [-0.3, -0.25) is 9.59 Å². The highest BCUT2D eigenvalue weighted by Gasteiger charge is 2.24. The largest absolute Gasteiger partial charge is 0.352 e. The van der Waals surface area contributed by atoms with Gasteiger partial charge in [-0.15, -0.1) is 0 Å². The topological polar surface area (TPSA) is 90.0 Å². The molecule has 3 rings (SSSR count). The highest BCUT2D eigenvalue weighted by molar-refractivity contribution is 6.03. The van der Waals surface area contributed by atoms with Gasteiger partial charge < -0.3 is 11.1 Å². The number of rotatable bonds is 10. The first kappa shape index (κ1) is 22.4. The Labute approximate surface area is 183 Å². The average Bonchev–Trinajstić information content (AvgIpc) is 2.82. The maximum Gasteiger partial charge on any atom is 0.280 e. The Morgan fingerprint density at radius 2 is 1.55 bits per heavy atom. The molecule has 2 aromatic carbocycles. The molecule has 0 aliphatic carbocycles. The summed E-state index contributed by atoms with van der Waals surface area (Å²) in [4.78, 5) is 26.4. The van der Waals surface area contributed by atoms with Gasteiger partial charge in [-0.1, -0.05) is 73.5 Å². The van der Waals surface area contributed by atoms with Gasteiger partial charge in [0.15, 0.2) is 0 Å². The maximum atomic E-state index is 13.2. The lowest BCUT2D eigenvalue weighted by Crippen LogP contribution is -2.36. The number of carbonyl (C=O) groups is 1. The van der Waals surface area contributed by atoms with Crippen molar-refractivity contribution >= 4 is 5.91 Å². The molecule has 1 aromatic heterocycles. The Kier molecular flexibility index (Phi) is 8.12. The van der Waals surface area contributed by atoms with E-state index >= 15 is 0 Å². The number of nitrogens with zero attached hydrogens (tertiary/aromatic N) is 2. The second-order valence-electron chi connectivity index (χ2n) is 7.41. The Balaban J connectivity index is 2.06. The van der Waals surface area contributed by atoms with E-state index in [9.17, 15) is 9.59 Å². The SMILES string of the molecule is CCn1nc(-c2ccccc2)c(-c2ccccc2)c(C(=O)NCCCCCCN)c1=O. The molecule has 6 nitrogen and oxygen atoms in total. The number of amides is 1. The molecule has 3 aromatic rings. The van der Waals surface area contributed by atoms with Crippen LogP contribution in [-0.2, 0) is 6.54 Å². The molecular weight excluding hydrogens is 388 g/mol. The van der Waals surface area contributed by atoms with E-state index in [2.05, 4.69) is 10.4 Å². The van der Waals surface area contributed by atoms with Crippen LogP contribution in [0.25, 0.3) is 22.4 Å². The van der Waals surface area contributed by atoms with Gasteiger partial charge in [0, 0.05) is 24.2 Å². The number of aromatic nitrogens is 2. The maximum absolute atomic E-state index is 13.2. The van der Waals surface area contributed by atoms with E-state index in [-0.39, 0.29) is 17.0 Å². The second-order valence-corrected chi connectivity index (χ2v) is 7.41. The molecule has 0 aliphatic rings. The summed E-state index contributed by atoms with van der Waals surface area (Å²) in [6.45, 7) is 3.44. The molecule has 0 fully saturated rings. The zero-order chi connectivity index (χ0) is 22.1. The third-order valence-corrected chi connectivity index (χ3v) is 5.21. The fourth-order valence-corrected chi connectivity index (χ4v) is 3.59. The van der Waals surface area contributed by atoms with E-state index in [1.54, 1.807) is 0 Å². The van der Waals surface area contributed by atoms with Crippen LogP contribution in [0, 0.1) is 0 Å². The van der Waals surface area contributed by atoms with Crippen molar-refractivity contribution in [2.45, 2.75) is 39.2 Å². The number of nitrogens with one attached hydrogen (secondary N) is 1. The summed E-state index contributed by atoms with van der Waals surface area (Å²) >= 11 is 0. The van der Waals surface area contributed by atoms with Gasteiger partial charge in [0.1, 0.15) is 5.56 Å². The number of aryl methyl sites for hydroxylation is 1. The minimum absolute atomic E-state index is 0.142. The van der Waals surface area contributed by atoms with Gasteiger partial charge in [0.25, 0.3) is 11.5 Å². The smallest absolute Gasteiger partial charge is 0.280 e. The molecule has 1 amide bonds. The van der Waals surface area contributed by atoms with Crippen molar-refractivity contribution in [1.29, 1.82) is 0 Å². The summed E-state index contributed by atoms with van der Waals surface area (Å²) in [7, 11) is 0. The first-order chi connectivity index (χ1) is 15.2. The molecule has 0 atom stereocenters. The number of nitrogens with two attached hydrogens (primary N) is 1. The first-order valence-electron chi connectivity index (χ1n) is 10.9. The van der Waals surface area contributed by atoms with Crippen LogP contribution in [0.3, 0.4) is 0 Å². The van der Waals surface area contributed by atoms with E-state index in [1.807, 2.05) is 67.6 Å². The Bertz CT molecular complexity index is 1050. The summed E-state index contributed by atoms with van der Waals surface area (Å²) in [6.07, 6.45) is 3.87. The lowest BCUT2D eigenvalue weighted by molar-refractivity contribution is 0.0951. The van der Waals surface area contributed by atoms with Crippen molar-refractivity contribution < 1.29 is 4.79 Å². The summed E-state index contributed by atoms with van der Waals surface area (Å²) < 4.78 is 1.37. The zero-order valence-electron chi connectivity index (χ0n) is 18.0. The number of carbonyl (C=O) groups excluding carboxylic acids is 1. The molecule has 1 heterocycles. The molecule has 0 radical (unpaired) electrons. The predicted octanol–water partition coefficient (Wildman–Crippen LogP) is 3.85. The number of hydrogen-bond acceptors (Lipinski definition) is 4. The van der Waals surface area contributed by atoms with Gasteiger partial charge in [-0.2, -0.15) is 5.10 Å². The minimum atomic E-state index is -0.373. The predicted molar refractivity (Wildman–Crippen MR) is 125 cm³/mol. The van der Waals surface area contributed by atoms with Gasteiger partial charge in [-0.25, -0.2) is 4.68 Å². The monoisotopic (exact) mass is 418 g/mol. The Hall–Kier alpha value is -3.25. The van der Waals surface area contributed by atoms with Gasteiger partial charge in [0.2, 0.25) is 0 Å². The van der Waals surface area contributed by atoms with Crippen LogP contribution in [0.4, 0.5) is 0 Å². The molecule has 0 saturated carbocycles. The van der Waals surface area contributed by atoms with Crippen molar-refractivity contribution in [2.24, 2.45) is 5.73 Å². The van der Waals surface area contributed by atoms with E-state index in [1.165, 1.54) is 4.68 Å². The molecule has 31 heavy (non-hydrogen) atoms. The summed E-state index contributed by atoms with van der Waals surface area (Å²) in [5.41, 5.74) is 8.15. The number of benzene rings is 2. The van der Waals surface area contributed by atoms with E-state index in [4.69, 9.17) is 5.73 Å². The lowest BCUT2D eigenvalue weighted by Gasteiger charge is -2.17. The van der Waals surface area contributed by atoms with E-state index in [0.717, 1.165) is 36.8 Å². The molecule has 0 saturated heterocycles. The number of unbranched alkanes of at least 4 members (excludes halogenated alkanes) is 3. The van der Waals surface area contributed by atoms with Crippen molar-refractivity contribution in [1.82, 2.24) is 15.1 Å². The lowest BCUT2D eigenvalue weighted by atomic mass is 9.95. The van der Waals surface area contributed by atoms with E-state index in [0.29, 0.717) is 30.9 Å². The fourth-order valence-electron chi connectivity index (χ4n) is 3.59. The summed E-state index contributed by atoms with van der Waals surface area (Å²) in [5, 5.41) is 7.57. The summed E-state index contributed by atoms with van der Waals surface area (Å²) in [5.74, 6) is -0.357. The molecule has 0 bridgehead atoms. The normalized spacial score (nSPS) is 10.8. The fraction of sp³-hybridized carbons (Fsp3) is 0.320. The molecular formula is C25H30N4O2. The highest BCUT2D eigenvalue weighted by atomic mass is 16.2. The average molecular weight is 419 g/mol. The van der Waals surface area contributed by atoms with Crippen LogP contribution in [0.2, 0.25) is 0 Å². The Morgan fingerprint density at radius 1 is 0.935 bits per heavy atom. The zero-order valence-corrected chi connectivity index (χ0v) is 18.0. The van der Waals surface area contributed by atoms with Crippen LogP contribution in [0.1, 0.15) is 43.0 Å². The van der Waals surface area contributed by atoms with Crippen LogP contribution in [0.5, 0.6) is 0 Å². The standard InChI is InChI=1S/C25H30N4O2/c1-2-29-25(31)22(24(30)27-18-12-4-3-11-17-26)21(19-13-7-5-8-14-19)23(28-29)20-15-9-6-10-16-20/h5-10,13-16H,2-4,11-12,17-18,26H2,1H3,(H,27,30). The molecule has 162 valence electrons. The summed E-state index contributed by atoms with van der Waals surface area (Å²) in [6, 6.07) is 19.2. The molecule has 0 spiro atoms. The van der Waals surface area contributed by atoms with Crippen molar-refractivity contribution in [3.05, 3.63) is 76.6 Å². The van der Waals surface area contributed by atoms with Crippen LogP contribution in [0.15, 0.2) is 65.5 Å². The van der Waals surface area contributed by atoms with Crippen LogP contribution in [-0.4, -0.2) is 28.8 Å². The molecule has 0 unspecified atom stereocenters. The second kappa shape index (κ2) is 11.2. The van der Waals surface area contributed by atoms with Crippen LogP contribution >= 0.6 is 0 Å². The highest BCUT2D eigenvalue weighted by Crippen LogP contribution is 2.31. The van der Waals surface area contributed by atoms with Crippen molar-refractivity contribution in [3.8, 4) is 22.4 Å².